The molecule has 4 radical (unpaired) electrons. The maximum absolute atomic E-state index is 2.97. The van der Waals surface area contributed by atoms with Crippen molar-refractivity contribution in [3.63, 3.8) is 0 Å². The Labute approximate surface area is 217 Å². The van der Waals surface area contributed by atoms with Crippen LogP contribution in [0.5, 0.6) is 0 Å². The summed E-state index contributed by atoms with van der Waals surface area (Å²) in [5, 5.41) is 5.39. The molecule has 158 valence electrons. The summed E-state index contributed by atoms with van der Waals surface area (Å²) in [4.78, 5) is 0. The Kier molecular flexibility index (Phi) is 18.3. The minimum absolute atomic E-state index is 0. The van der Waals surface area contributed by atoms with Crippen molar-refractivity contribution in [3.8, 4) is 0 Å². The molecule has 5 aromatic rings. The molecule has 5 aromatic carbocycles. The van der Waals surface area contributed by atoms with E-state index < -0.39 is 0 Å². The van der Waals surface area contributed by atoms with Gasteiger partial charge in [0.2, 0.25) is 0 Å². The minimum Gasteiger partial charge on any atom is -1.00 e. The second-order valence-electron chi connectivity index (χ2n) is 6.40. The summed E-state index contributed by atoms with van der Waals surface area (Å²) in [6, 6.07) is 38.2. The predicted octanol–water partition coefficient (Wildman–Crippen LogP) is 1.43. The first-order valence-corrected chi connectivity index (χ1v) is 10.4. The Balaban J connectivity index is 0. The van der Waals surface area contributed by atoms with Crippen LogP contribution in [-0.4, -0.2) is 10.2 Å². The SMILES string of the molecule is C[Si].Cc1cc2ccccc2[cH-]1.Cc1cc2ccccc2[cH-]1.[Cl-].[Cl-].[Ti+3].[c-]1ccccc1. The number of fused-ring (bicyclic) bond motifs is 2. The molecule has 0 N–H and O–H groups in total. The number of rotatable bonds is 0. The molecular weight excluding hydrogens is 471 g/mol. The Morgan fingerprint density at radius 1 is 0.613 bits per heavy atom. The molecule has 31 heavy (non-hydrogen) atoms. The van der Waals surface area contributed by atoms with Crippen molar-refractivity contribution < 1.29 is 46.5 Å². The van der Waals surface area contributed by atoms with Crippen LogP contribution in [0.1, 0.15) is 11.1 Å². The fourth-order valence-electron chi connectivity index (χ4n) is 2.95. The molecule has 0 spiro atoms. The molecule has 0 unspecified atom stereocenters. The Morgan fingerprint density at radius 3 is 1.29 bits per heavy atom. The third-order valence-corrected chi connectivity index (χ3v) is 4.13. The second kappa shape index (κ2) is 18.0. The van der Waals surface area contributed by atoms with E-state index in [1.165, 1.54) is 32.7 Å². The zero-order valence-electron chi connectivity index (χ0n) is 18.1. The minimum atomic E-state index is 0. The van der Waals surface area contributed by atoms with Crippen molar-refractivity contribution in [2.45, 2.75) is 20.4 Å². The van der Waals surface area contributed by atoms with E-state index in [2.05, 4.69) is 103 Å². The fraction of sp³-hybridized carbons (Fsp3) is 0.111. The van der Waals surface area contributed by atoms with Crippen LogP contribution in [0, 0.1) is 19.9 Å². The van der Waals surface area contributed by atoms with Gasteiger partial charge in [0.1, 0.15) is 0 Å². The van der Waals surface area contributed by atoms with Crippen molar-refractivity contribution in [2.24, 2.45) is 0 Å². The normalized spacial score (nSPS) is 8.52. The maximum Gasteiger partial charge on any atom is 3.00 e. The monoisotopic (exact) mass is 496 g/mol. The number of hydrogen-bond acceptors (Lipinski definition) is 0. The van der Waals surface area contributed by atoms with Gasteiger partial charge in [-0.25, -0.2) is 0 Å². The van der Waals surface area contributed by atoms with Crippen LogP contribution in [0.25, 0.3) is 21.5 Å². The van der Waals surface area contributed by atoms with E-state index in [0.29, 0.717) is 0 Å². The molecule has 0 amide bonds. The van der Waals surface area contributed by atoms with Gasteiger partial charge >= 0.3 is 21.7 Å². The summed E-state index contributed by atoms with van der Waals surface area (Å²) in [7, 11) is 2.97. The molecule has 0 aliphatic rings. The average Bonchev–Trinajstić information content (AvgIpc) is 3.32. The van der Waals surface area contributed by atoms with Gasteiger partial charge in [0.15, 0.2) is 0 Å². The van der Waals surface area contributed by atoms with Crippen LogP contribution < -0.4 is 24.8 Å². The first-order chi connectivity index (χ1) is 13.7. The van der Waals surface area contributed by atoms with Crippen molar-refractivity contribution >= 4 is 31.8 Å². The smallest absolute Gasteiger partial charge is 1.00 e. The standard InChI is InChI=1S/2C10H9.C6H5.CH3Si.2ClH.Ti/c2*1-8-6-9-4-2-3-5-10(9)7-8;1-2-4-6-5-3-1;1-2;;;/h2*2-7H,1H3;1-5H;1H3;2*1H;/q3*-1;;;;+3/p-2. The molecule has 0 aliphatic carbocycles. The van der Waals surface area contributed by atoms with E-state index in [0.717, 1.165) is 0 Å². The van der Waals surface area contributed by atoms with E-state index in [1.807, 2.05) is 30.3 Å². The van der Waals surface area contributed by atoms with Gasteiger partial charge in [0, 0.05) is 10.2 Å². The van der Waals surface area contributed by atoms with Crippen molar-refractivity contribution in [1.29, 1.82) is 0 Å². The van der Waals surface area contributed by atoms with E-state index in [9.17, 15) is 0 Å². The van der Waals surface area contributed by atoms with Crippen LogP contribution in [0.2, 0.25) is 6.55 Å². The molecule has 0 bridgehead atoms. The largest absolute Gasteiger partial charge is 3.00 e. The fourth-order valence-corrected chi connectivity index (χ4v) is 2.95. The third kappa shape index (κ3) is 11.0. The molecule has 0 saturated heterocycles. The first kappa shape index (κ1) is 31.6. The summed E-state index contributed by atoms with van der Waals surface area (Å²) < 4.78 is 0. The second-order valence-corrected chi connectivity index (χ2v) is 6.40. The summed E-state index contributed by atoms with van der Waals surface area (Å²) in [6.45, 7) is 6.06. The first-order valence-electron chi connectivity index (χ1n) is 9.37. The van der Waals surface area contributed by atoms with E-state index in [-0.39, 0.29) is 46.5 Å². The molecule has 0 heterocycles. The van der Waals surface area contributed by atoms with Gasteiger partial charge in [-0.2, -0.15) is 48.5 Å². The Bertz CT molecular complexity index is 903. The number of aryl methyl sites for hydroxylation is 2. The zero-order chi connectivity index (χ0) is 20.2. The molecule has 0 nitrogen and oxygen atoms in total. The topological polar surface area (TPSA) is 0 Å². The van der Waals surface area contributed by atoms with Crippen molar-refractivity contribution in [2.75, 3.05) is 0 Å². The van der Waals surface area contributed by atoms with Gasteiger partial charge in [-0.1, -0.05) is 32.5 Å². The summed E-state index contributed by atoms with van der Waals surface area (Å²) in [5.74, 6) is 0. The average molecular weight is 497 g/mol. The van der Waals surface area contributed by atoms with Crippen molar-refractivity contribution in [1.82, 2.24) is 0 Å². The van der Waals surface area contributed by atoms with Crippen LogP contribution in [0.3, 0.4) is 0 Å². The summed E-state index contributed by atoms with van der Waals surface area (Å²) >= 11 is 0. The van der Waals surface area contributed by atoms with Gasteiger partial charge < -0.3 is 24.8 Å². The van der Waals surface area contributed by atoms with E-state index in [1.54, 1.807) is 6.55 Å². The van der Waals surface area contributed by atoms with Crippen LogP contribution in [0.15, 0.2) is 103 Å². The predicted molar refractivity (Wildman–Crippen MR) is 125 cm³/mol. The van der Waals surface area contributed by atoms with Gasteiger partial charge in [0.25, 0.3) is 0 Å². The van der Waals surface area contributed by atoms with E-state index in [4.69, 9.17) is 0 Å². The molecule has 0 aliphatic heterocycles. The Hall–Kier alpha value is -1.61. The zero-order valence-corrected chi connectivity index (χ0v) is 22.1. The quantitative estimate of drug-likeness (QED) is 0.225. The molecule has 4 heteroatoms. The van der Waals surface area contributed by atoms with E-state index >= 15 is 0 Å². The summed E-state index contributed by atoms with van der Waals surface area (Å²) in [6.07, 6.45) is 0. The van der Waals surface area contributed by atoms with Gasteiger partial charge in [-0.05, 0) is 0 Å². The van der Waals surface area contributed by atoms with Gasteiger partial charge in [-0.3, -0.25) is 0 Å². The molecule has 5 rings (SSSR count). The molecule has 0 atom stereocenters. The van der Waals surface area contributed by atoms with Crippen LogP contribution in [0.4, 0.5) is 0 Å². The number of halogens is 2. The third-order valence-electron chi connectivity index (χ3n) is 4.13. The Morgan fingerprint density at radius 2 is 1.00 bits per heavy atom. The molecule has 0 saturated carbocycles. The van der Waals surface area contributed by atoms with Gasteiger partial charge in [0.05, 0.1) is 0 Å². The van der Waals surface area contributed by atoms with Gasteiger partial charge in [-0.15, -0.1) is 81.2 Å². The van der Waals surface area contributed by atoms with Crippen LogP contribution in [-0.2, 0) is 21.7 Å². The molecular formula is C27H26Cl2SiTi-2. The number of hydrogen-bond donors (Lipinski definition) is 0. The molecule has 0 fully saturated rings. The summed E-state index contributed by atoms with van der Waals surface area (Å²) in [5.41, 5.74) is 2.70. The maximum atomic E-state index is 2.97. The van der Waals surface area contributed by atoms with Crippen LogP contribution >= 0.6 is 0 Å². The number of benzene rings is 3. The van der Waals surface area contributed by atoms with Crippen molar-refractivity contribution in [3.05, 3.63) is 120 Å². The molecule has 0 aromatic heterocycles.